The van der Waals surface area contributed by atoms with E-state index in [2.05, 4.69) is 19.2 Å². The van der Waals surface area contributed by atoms with E-state index in [0.29, 0.717) is 30.2 Å². The second-order valence-electron chi connectivity index (χ2n) is 12.9. The quantitative estimate of drug-likeness (QED) is 0.283. The lowest BCUT2D eigenvalue weighted by molar-refractivity contribution is -0.121. The number of carboxylic acid groups (broad SMARTS) is 1. The molecule has 7 unspecified atom stereocenters. The monoisotopic (exact) mass is 495 g/mol. The summed E-state index contributed by atoms with van der Waals surface area (Å²) < 4.78 is 11.9. The summed E-state index contributed by atoms with van der Waals surface area (Å²) in [7, 11) is -3.14. The fourth-order valence-electron chi connectivity index (χ4n) is 9.18. The molecule has 196 valence electrons. The zero-order chi connectivity index (χ0) is 24.6. The standard InChI is InChI=1S/C28H49NO4S/c1-27-16-5-4-8-20(27)11-13-22-23-14-12-21(28(23,2)17-15-24(22)27)9-6-10-25(30)29-18-7-19-34(3,33)26(31)32/h20-24,34H,4-19H2,1-3H3,(H,29,30)(H,31,32). The molecule has 0 saturated heterocycles. The molecule has 4 rings (SSSR count). The number of hydrogen-bond donors (Lipinski definition) is 3. The minimum atomic E-state index is -3.14. The minimum absolute atomic E-state index is 0.0493. The lowest BCUT2D eigenvalue weighted by Crippen LogP contribution is -2.52. The van der Waals surface area contributed by atoms with Crippen molar-refractivity contribution in [3.05, 3.63) is 0 Å². The van der Waals surface area contributed by atoms with Crippen LogP contribution in [0.1, 0.15) is 104 Å². The number of nitrogens with one attached hydrogen (secondary N) is 1. The van der Waals surface area contributed by atoms with Crippen LogP contribution >= 0.6 is 0 Å². The summed E-state index contributed by atoms with van der Waals surface area (Å²) in [4.78, 5) is 23.2. The third-order valence-corrected chi connectivity index (χ3v) is 13.2. The Morgan fingerprint density at radius 3 is 2.47 bits per heavy atom. The Kier molecular flexibility index (Phi) is 7.86. The SMILES string of the molecule is CC12CCCCC1CCC1C2CCC2(C)C(CCCC(=O)NCCC[SH](C)(=O)C(=O)O)CCC12. The van der Waals surface area contributed by atoms with Gasteiger partial charge in [0.1, 0.15) is 0 Å². The molecule has 0 bridgehead atoms. The van der Waals surface area contributed by atoms with Crippen LogP contribution < -0.4 is 5.32 Å². The van der Waals surface area contributed by atoms with Crippen LogP contribution in [-0.4, -0.2) is 39.1 Å². The first-order valence-electron chi connectivity index (χ1n) is 14.1. The lowest BCUT2D eigenvalue weighted by atomic mass is 9.45. The Balaban J connectivity index is 1.23. The van der Waals surface area contributed by atoms with E-state index in [0.717, 1.165) is 42.4 Å². The van der Waals surface area contributed by atoms with Crippen molar-refractivity contribution < 1.29 is 18.9 Å². The Bertz CT molecular complexity index is 814. The molecule has 34 heavy (non-hydrogen) atoms. The molecule has 1 amide bonds. The van der Waals surface area contributed by atoms with E-state index in [9.17, 15) is 13.8 Å². The van der Waals surface area contributed by atoms with Gasteiger partial charge in [0.2, 0.25) is 5.91 Å². The minimum Gasteiger partial charge on any atom is -0.473 e. The van der Waals surface area contributed by atoms with Gasteiger partial charge in [-0.15, -0.1) is 0 Å². The van der Waals surface area contributed by atoms with Crippen molar-refractivity contribution >= 4 is 21.1 Å². The van der Waals surface area contributed by atoms with Crippen molar-refractivity contribution in [2.24, 2.45) is 40.4 Å². The number of carbonyl (C=O) groups excluding carboxylic acids is 1. The molecule has 4 aliphatic carbocycles. The van der Waals surface area contributed by atoms with Crippen LogP contribution in [0.5, 0.6) is 0 Å². The van der Waals surface area contributed by atoms with Gasteiger partial charge in [-0.05, 0) is 127 Å². The van der Waals surface area contributed by atoms with Gasteiger partial charge in [-0.3, -0.25) is 9.00 Å². The summed E-state index contributed by atoms with van der Waals surface area (Å²) in [6, 6.07) is 0. The largest absolute Gasteiger partial charge is 0.473 e. The molecule has 0 aliphatic heterocycles. The first-order chi connectivity index (χ1) is 16.1. The van der Waals surface area contributed by atoms with Gasteiger partial charge in [0.25, 0.3) is 0 Å². The number of carbonyl (C=O) groups is 2. The van der Waals surface area contributed by atoms with Crippen LogP contribution in [0.15, 0.2) is 0 Å². The molecule has 2 N–H and O–H groups in total. The van der Waals surface area contributed by atoms with Crippen molar-refractivity contribution in [1.29, 1.82) is 0 Å². The number of amides is 1. The molecule has 0 aromatic heterocycles. The van der Waals surface area contributed by atoms with Gasteiger partial charge in [0.15, 0.2) is 0 Å². The molecule has 6 heteroatoms. The number of hydrogen-bond acceptors (Lipinski definition) is 3. The molecule has 0 radical (unpaired) electrons. The Morgan fingerprint density at radius 2 is 1.71 bits per heavy atom. The Hall–Kier alpha value is -0.910. The van der Waals surface area contributed by atoms with Crippen molar-refractivity contribution in [2.45, 2.75) is 104 Å². The summed E-state index contributed by atoms with van der Waals surface area (Å²) in [5, 5.41) is 10.6. The van der Waals surface area contributed by atoms with E-state index in [1.54, 1.807) is 0 Å². The van der Waals surface area contributed by atoms with Crippen LogP contribution in [0.2, 0.25) is 0 Å². The topological polar surface area (TPSA) is 83.5 Å². The number of fused-ring (bicyclic) bond motifs is 5. The average molecular weight is 496 g/mol. The normalized spacial score (nSPS) is 40.0. The van der Waals surface area contributed by atoms with Gasteiger partial charge in [-0.1, -0.05) is 26.7 Å². The summed E-state index contributed by atoms with van der Waals surface area (Å²) in [5.41, 5.74) is 1.07. The molecule has 4 fully saturated rings. The van der Waals surface area contributed by atoms with Crippen molar-refractivity contribution in [3.8, 4) is 0 Å². The second-order valence-corrected chi connectivity index (χ2v) is 16.0. The molecule has 5 nitrogen and oxygen atoms in total. The average Bonchev–Trinajstić information content (AvgIpc) is 3.12. The fraction of sp³-hybridized carbons (Fsp3) is 0.929. The molecule has 0 spiro atoms. The first-order valence-corrected chi connectivity index (χ1v) is 16.5. The molecule has 4 saturated carbocycles. The predicted octanol–water partition coefficient (Wildman–Crippen LogP) is 6.04. The van der Waals surface area contributed by atoms with Gasteiger partial charge in [-0.2, -0.15) is 0 Å². The second kappa shape index (κ2) is 10.2. The van der Waals surface area contributed by atoms with Gasteiger partial charge in [0, 0.05) is 18.7 Å². The van der Waals surface area contributed by atoms with Crippen LogP contribution in [0.25, 0.3) is 0 Å². The maximum absolute atomic E-state index is 12.3. The third-order valence-electron chi connectivity index (χ3n) is 11.2. The summed E-state index contributed by atoms with van der Waals surface area (Å²) in [6.45, 7) is 5.66. The van der Waals surface area contributed by atoms with Crippen LogP contribution in [0.3, 0.4) is 0 Å². The highest BCUT2D eigenvalue weighted by molar-refractivity contribution is 8.15. The lowest BCUT2D eigenvalue weighted by Gasteiger charge is -2.60. The Labute approximate surface area is 208 Å². The fourth-order valence-corrected chi connectivity index (χ4v) is 10.1. The first kappa shape index (κ1) is 26.2. The van der Waals surface area contributed by atoms with Gasteiger partial charge < -0.3 is 10.4 Å². The van der Waals surface area contributed by atoms with Crippen LogP contribution in [-0.2, 0) is 14.7 Å². The smallest absolute Gasteiger partial charge is 0.371 e. The van der Waals surface area contributed by atoms with Gasteiger partial charge >= 0.3 is 5.30 Å². The highest BCUT2D eigenvalue weighted by atomic mass is 32.2. The summed E-state index contributed by atoms with van der Waals surface area (Å²) >= 11 is 0. The maximum Gasteiger partial charge on any atom is 0.371 e. The van der Waals surface area contributed by atoms with Crippen LogP contribution in [0.4, 0.5) is 4.79 Å². The molecule has 0 aromatic carbocycles. The summed E-state index contributed by atoms with van der Waals surface area (Å²) in [6.07, 6.45) is 18.7. The Morgan fingerprint density at radius 1 is 0.941 bits per heavy atom. The van der Waals surface area contributed by atoms with Gasteiger partial charge in [0.05, 0.1) is 0 Å². The number of rotatable bonds is 8. The van der Waals surface area contributed by atoms with E-state index in [1.807, 2.05) is 0 Å². The van der Waals surface area contributed by atoms with Crippen molar-refractivity contribution in [1.82, 2.24) is 5.32 Å². The molecule has 0 heterocycles. The zero-order valence-corrected chi connectivity index (χ0v) is 22.7. The molecule has 0 aromatic rings. The van der Waals surface area contributed by atoms with Crippen molar-refractivity contribution in [2.75, 3.05) is 18.6 Å². The van der Waals surface area contributed by atoms with E-state index < -0.39 is 15.2 Å². The summed E-state index contributed by atoms with van der Waals surface area (Å²) in [5.74, 6) is 4.71. The van der Waals surface area contributed by atoms with Crippen LogP contribution in [0, 0.1) is 40.4 Å². The molecular weight excluding hydrogens is 446 g/mol. The van der Waals surface area contributed by atoms with Crippen molar-refractivity contribution in [3.63, 3.8) is 0 Å². The third kappa shape index (κ3) is 4.99. The van der Waals surface area contributed by atoms with E-state index in [1.165, 1.54) is 70.5 Å². The molecular formula is C28H49NO4S. The van der Waals surface area contributed by atoms with E-state index in [4.69, 9.17) is 5.11 Å². The van der Waals surface area contributed by atoms with Gasteiger partial charge in [-0.25, -0.2) is 4.79 Å². The number of thiol groups is 1. The maximum atomic E-state index is 12.3. The van der Waals surface area contributed by atoms with E-state index in [-0.39, 0.29) is 11.7 Å². The highest BCUT2D eigenvalue weighted by Gasteiger charge is 2.59. The molecule has 4 aliphatic rings. The predicted molar refractivity (Wildman–Crippen MR) is 140 cm³/mol. The molecule has 7 atom stereocenters. The highest BCUT2D eigenvalue weighted by Crippen LogP contribution is 2.67. The van der Waals surface area contributed by atoms with E-state index >= 15 is 0 Å². The zero-order valence-electron chi connectivity index (χ0n) is 21.8.